The van der Waals surface area contributed by atoms with Crippen molar-refractivity contribution >= 4 is 11.9 Å². The third-order valence-electron chi connectivity index (χ3n) is 2.65. The topological polar surface area (TPSA) is 71.8 Å². The van der Waals surface area contributed by atoms with Gasteiger partial charge < -0.3 is 19.3 Å². The van der Waals surface area contributed by atoms with E-state index < -0.39 is 5.97 Å². The predicted molar refractivity (Wildman–Crippen MR) is 65.5 cm³/mol. The first-order chi connectivity index (χ1) is 8.60. The maximum absolute atomic E-state index is 12.0. The predicted octanol–water partition coefficient (Wildman–Crippen LogP) is 0.681. The average Bonchev–Trinajstić information content (AvgIpc) is 2.78. The fraction of sp³-hybridized carbons (Fsp3) is 0.500. The van der Waals surface area contributed by atoms with Gasteiger partial charge in [-0.15, -0.1) is 0 Å². The molecule has 0 unspecified atom stereocenters. The molecule has 0 spiro atoms. The highest BCUT2D eigenvalue weighted by atomic mass is 16.5. The molecule has 1 aromatic heterocycles. The van der Waals surface area contributed by atoms with E-state index in [0.29, 0.717) is 19.7 Å². The van der Waals surface area contributed by atoms with Crippen LogP contribution in [0.15, 0.2) is 18.3 Å². The number of carbonyl (C=O) groups excluding carboxylic acids is 1. The van der Waals surface area contributed by atoms with Crippen LogP contribution in [0.5, 0.6) is 0 Å². The monoisotopic (exact) mass is 254 g/mol. The van der Waals surface area contributed by atoms with Crippen molar-refractivity contribution < 1.29 is 19.4 Å². The minimum atomic E-state index is -1.03. The molecule has 18 heavy (non-hydrogen) atoms. The summed E-state index contributed by atoms with van der Waals surface area (Å²) in [5.41, 5.74) is 0.117. The summed E-state index contributed by atoms with van der Waals surface area (Å²) < 4.78 is 6.36. The van der Waals surface area contributed by atoms with E-state index in [-0.39, 0.29) is 18.1 Å². The highest BCUT2D eigenvalue weighted by molar-refractivity contribution is 5.86. The molecule has 0 aliphatic heterocycles. The summed E-state index contributed by atoms with van der Waals surface area (Å²) >= 11 is 0. The van der Waals surface area contributed by atoms with E-state index >= 15 is 0 Å². The van der Waals surface area contributed by atoms with Gasteiger partial charge in [-0.25, -0.2) is 4.79 Å². The van der Waals surface area contributed by atoms with Crippen LogP contribution in [0.25, 0.3) is 0 Å². The molecule has 1 amide bonds. The molecule has 6 nitrogen and oxygen atoms in total. The molecular formula is C12H18N2O4. The number of aromatic nitrogens is 1. The van der Waals surface area contributed by atoms with Crippen LogP contribution in [0.4, 0.5) is 0 Å². The Morgan fingerprint density at radius 2 is 2.22 bits per heavy atom. The molecule has 100 valence electrons. The maximum atomic E-state index is 12.0. The van der Waals surface area contributed by atoms with E-state index in [1.54, 1.807) is 24.3 Å². The van der Waals surface area contributed by atoms with Crippen LogP contribution in [0.3, 0.4) is 0 Å². The minimum absolute atomic E-state index is 0.0339. The lowest BCUT2D eigenvalue weighted by Crippen LogP contribution is -2.36. The van der Waals surface area contributed by atoms with Gasteiger partial charge in [0.15, 0.2) is 0 Å². The van der Waals surface area contributed by atoms with Crippen molar-refractivity contribution in [1.82, 2.24) is 9.47 Å². The summed E-state index contributed by atoms with van der Waals surface area (Å²) in [7, 11) is 1.58. The van der Waals surface area contributed by atoms with Crippen molar-refractivity contribution in [1.29, 1.82) is 0 Å². The number of likely N-dealkylation sites (N-methyl/N-ethyl adjacent to an activating group) is 1. The maximum Gasteiger partial charge on any atom is 0.352 e. The Bertz CT molecular complexity index is 414. The molecule has 1 N–H and O–H groups in total. The quantitative estimate of drug-likeness (QED) is 0.776. The second kappa shape index (κ2) is 6.80. The molecular weight excluding hydrogens is 236 g/mol. The molecule has 0 aromatic carbocycles. The molecule has 0 atom stereocenters. The number of hydrogen-bond donors (Lipinski definition) is 1. The third-order valence-corrected chi connectivity index (χ3v) is 2.65. The Kier molecular flexibility index (Phi) is 5.38. The number of carboxylic acid groups (broad SMARTS) is 1. The molecule has 0 fully saturated rings. The number of carboxylic acids is 1. The van der Waals surface area contributed by atoms with Crippen LogP contribution in [0.2, 0.25) is 0 Å². The second-order valence-electron chi connectivity index (χ2n) is 3.79. The van der Waals surface area contributed by atoms with E-state index in [4.69, 9.17) is 9.84 Å². The van der Waals surface area contributed by atoms with Gasteiger partial charge in [0.1, 0.15) is 12.2 Å². The van der Waals surface area contributed by atoms with Gasteiger partial charge in [-0.3, -0.25) is 4.79 Å². The van der Waals surface area contributed by atoms with Gasteiger partial charge in [-0.05, 0) is 19.1 Å². The van der Waals surface area contributed by atoms with Gasteiger partial charge >= 0.3 is 5.97 Å². The van der Waals surface area contributed by atoms with Gasteiger partial charge in [0.05, 0.1) is 6.61 Å². The largest absolute Gasteiger partial charge is 0.477 e. The lowest BCUT2D eigenvalue weighted by Gasteiger charge is -2.21. The second-order valence-corrected chi connectivity index (χ2v) is 3.79. The SMILES string of the molecule is CCN(CCOC)C(=O)Cn1cccc1C(=O)O. The van der Waals surface area contributed by atoms with Crippen LogP contribution in [-0.2, 0) is 16.1 Å². The zero-order valence-electron chi connectivity index (χ0n) is 10.6. The van der Waals surface area contributed by atoms with Crippen LogP contribution in [0, 0.1) is 0 Å². The zero-order chi connectivity index (χ0) is 13.5. The highest BCUT2D eigenvalue weighted by Gasteiger charge is 2.15. The molecule has 1 rings (SSSR count). The van der Waals surface area contributed by atoms with Crippen molar-refractivity contribution in [3.63, 3.8) is 0 Å². The third kappa shape index (κ3) is 3.59. The van der Waals surface area contributed by atoms with E-state index in [1.165, 1.54) is 10.6 Å². The molecule has 6 heteroatoms. The van der Waals surface area contributed by atoms with Crippen LogP contribution < -0.4 is 0 Å². The molecule has 0 aliphatic rings. The molecule has 0 saturated carbocycles. The van der Waals surface area contributed by atoms with E-state index in [2.05, 4.69) is 0 Å². The van der Waals surface area contributed by atoms with Crippen LogP contribution in [-0.4, -0.2) is 53.3 Å². The standard InChI is InChI=1S/C12H18N2O4/c1-3-13(7-8-18-2)11(15)9-14-6-4-5-10(14)12(16)17/h4-6H,3,7-9H2,1-2H3,(H,16,17). The summed E-state index contributed by atoms with van der Waals surface area (Å²) in [6, 6.07) is 3.09. The first kappa shape index (κ1) is 14.2. The summed E-state index contributed by atoms with van der Waals surface area (Å²) in [4.78, 5) is 24.5. The Labute approximate surface area is 106 Å². The van der Waals surface area contributed by atoms with Gasteiger partial charge in [0, 0.05) is 26.4 Å². The summed E-state index contributed by atoms with van der Waals surface area (Å²) in [6.07, 6.45) is 1.59. The van der Waals surface area contributed by atoms with Crippen molar-refractivity contribution in [2.24, 2.45) is 0 Å². The van der Waals surface area contributed by atoms with Crippen molar-refractivity contribution in [3.8, 4) is 0 Å². The number of ether oxygens (including phenoxy) is 1. The molecule has 1 heterocycles. The van der Waals surface area contributed by atoms with Crippen molar-refractivity contribution in [2.45, 2.75) is 13.5 Å². The highest BCUT2D eigenvalue weighted by Crippen LogP contribution is 2.04. The first-order valence-corrected chi connectivity index (χ1v) is 5.75. The zero-order valence-corrected chi connectivity index (χ0v) is 10.6. The van der Waals surface area contributed by atoms with Gasteiger partial charge in [-0.1, -0.05) is 0 Å². The fourth-order valence-electron chi connectivity index (χ4n) is 1.65. The number of methoxy groups -OCH3 is 1. The number of carbonyl (C=O) groups is 2. The van der Waals surface area contributed by atoms with Crippen molar-refractivity contribution in [2.75, 3.05) is 26.8 Å². The van der Waals surface area contributed by atoms with Gasteiger partial charge in [0.25, 0.3) is 0 Å². The molecule has 0 saturated heterocycles. The van der Waals surface area contributed by atoms with Gasteiger partial charge in [-0.2, -0.15) is 0 Å². The Hall–Kier alpha value is -1.82. The van der Waals surface area contributed by atoms with Crippen molar-refractivity contribution in [3.05, 3.63) is 24.0 Å². The number of rotatable bonds is 7. The smallest absolute Gasteiger partial charge is 0.352 e. The first-order valence-electron chi connectivity index (χ1n) is 5.75. The summed E-state index contributed by atoms with van der Waals surface area (Å²) in [5, 5.41) is 8.94. The van der Waals surface area contributed by atoms with Crippen LogP contribution >= 0.6 is 0 Å². The lowest BCUT2D eigenvalue weighted by atomic mass is 10.4. The number of nitrogens with zero attached hydrogens (tertiary/aromatic N) is 2. The molecule has 1 aromatic rings. The summed E-state index contributed by atoms with van der Waals surface area (Å²) in [5.74, 6) is -1.15. The van der Waals surface area contributed by atoms with Gasteiger partial charge in [0.2, 0.25) is 5.91 Å². The Morgan fingerprint density at radius 1 is 1.50 bits per heavy atom. The number of amides is 1. The molecule has 0 radical (unpaired) electrons. The molecule has 0 bridgehead atoms. The number of aromatic carboxylic acids is 1. The van der Waals surface area contributed by atoms with E-state index in [1.807, 2.05) is 6.92 Å². The van der Waals surface area contributed by atoms with Crippen LogP contribution in [0.1, 0.15) is 17.4 Å². The number of hydrogen-bond acceptors (Lipinski definition) is 3. The average molecular weight is 254 g/mol. The normalized spacial score (nSPS) is 10.3. The minimum Gasteiger partial charge on any atom is -0.477 e. The van der Waals surface area contributed by atoms with E-state index in [0.717, 1.165) is 0 Å². The lowest BCUT2D eigenvalue weighted by molar-refractivity contribution is -0.132. The Morgan fingerprint density at radius 3 is 2.78 bits per heavy atom. The fourth-order valence-corrected chi connectivity index (χ4v) is 1.65. The van der Waals surface area contributed by atoms with E-state index in [9.17, 15) is 9.59 Å². The Balaban J connectivity index is 2.67. The molecule has 0 aliphatic carbocycles. The summed E-state index contributed by atoms with van der Waals surface area (Å²) in [6.45, 7) is 3.46.